The van der Waals surface area contributed by atoms with Gasteiger partial charge in [0.2, 0.25) is 5.79 Å². The number of ether oxygens (including phenoxy) is 6. The Bertz CT molecular complexity index is 2190. The summed E-state index contributed by atoms with van der Waals surface area (Å²) in [5, 5.41) is 11.7. The molecule has 1 aliphatic rings. The van der Waals surface area contributed by atoms with Crippen molar-refractivity contribution in [2.24, 2.45) is 0 Å². The molecule has 7 rings (SSSR count). The van der Waals surface area contributed by atoms with Gasteiger partial charge in [0.1, 0.15) is 49.8 Å². The molecule has 1 aliphatic heterocycles. The molecule has 0 bridgehead atoms. The summed E-state index contributed by atoms with van der Waals surface area (Å²) in [5.41, 5.74) is 5.23. The van der Waals surface area contributed by atoms with Crippen LogP contribution in [-0.4, -0.2) is 22.8 Å². The van der Waals surface area contributed by atoms with Crippen LogP contribution in [0, 0.1) is 0 Å². The Labute approximate surface area is 334 Å². The minimum absolute atomic E-state index is 0.0154. The lowest BCUT2D eigenvalue weighted by Gasteiger charge is -2.25. The van der Waals surface area contributed by atoms with E-state index >= 15 is 0 Å². The van der Waals surface area contributed by atoms with Crippen LogP contribution >= 0.6 is 0 Å². The van der Waals surface area contributed by atoms with Crippen molar-refractivity contribution in [3.05, 3.63) is 185 Å². The lowest BCUT2D eigenvalue weighted by atomic mass is 9.97. The average Bonchev–Trinajstić information content (AvgIpc) is 3.65. The lowest BCUT2D eigenvalue weighted by molar-refractivity contribution is -0.190. The molecular weight excluding hydrogens is 717 g/mol. The molecule has 1 unspecified atom stereocenters. The van der Waals surface area contributed by atoms with Gasteiger partial charge in [0, 0.05) is 37.0 Å². The SMILES string of the molecule is CCC(=O)C1(CC)O[C@H](Cc2c(O)cc(OCc3ccccc3)cc2OCc2ccccc2)[C@H](c2ccc(OCc3ccccc3)c(OCc3ccccc3)c2)O1. The van der Waals surface area contributed by atoms with E-state index < -0.39 is 18.0 Å². The first-order valence-electron chi connectivity index (χ1n) is 19.5. The van der Waals surface area contributed by atoms with Crippen LogP contribution in [0.5, 0.6) is 28.7 Å². The standard InChI is InChI=1S/C49H48O8/c1-3-47(51)49(4-2)56-46(30-41-42(50)28-40(52-31-35-17-9-5-10-18-35)29-44(41)54-33-37-21-13-7-14-22-37)48(57-49)39-25-26-43(53-32-36-19-11-6-12-20-36)45(27-39)55-34-38-23-15-8-16-24-38/h5-29,46,48,50H,3-4,30-34H2,1-2H3/t46-,48+,49?/m1/s1. The van der Waals surface area contributed by atoms with Gasteiger partial charge in [-0.3, -0.25) is 4.79 Å². The van der Waals surface area contributed by atoms with Crippen LogP contribution in [0.3, 0.4) is 0 Å². The Kier molecular flexibility index (Phi) is 12.8. The van der Waals surface area contributed by atoms with E-state index in [1.165, 1.54) is 0 Å². The molecule has 0 aliphatic carbocycles. The number of ketones is 1. The summed E-state index contributed by atoms with van der Waals surface area (Å²) in [6, 6.07) is 48.6. The highest BCUT2D eigenvalue weighted by Crippen LogP contribution is 2.47. The number of carbonyl (C=O) groups is 1. The summed E-state index contributed by atoms with van der Waals surface area (Å²) in [6.45, 7) is 4.94. The molecule has 1 fully saturated rings. The number of rotatable bonds is 18. The number of phenols is 1. The quantitative estimate of drug-likeness (QED) is 0.0925. The third-order valence-electron chi connectivity index (χ3n) is 10.0. The molecule has 57 heavy (non-hydrogen) atoms. The van der Waals surface area contributed by atoms with Crippen molar-refractivity contribution >= 4 is 5.78 Å². The highest BCUT2D eigenvalue weighted by atomic mass is 16.8. The molecule has 1 saturated heterocycles. The second kappa shape index (κ2) is 18.7. The number of hydrogen-bond donors (Lipinski definition) is 1. The summed E-state index contributed by atoms with van der Waals surface area (Å²) < 4.78 is 38.7. The second-order valence-electron chi connectivity index (χ2n) is 14.0. The minimum atomic E-state index is -1.48. The molecule has 8 nitrogen and oxygen atoms in total. The number of benzene rings is 6. The smallest absolute Gasteiger partial charge is 0.229 e. The Hall–Kier alpha value is -6.09. The van der Waals surface area contributed by atoms with Crippen LogP contribution < -0.4 is 18.9 Å². The maximum absolute atomic E-state index is 13.6. The van der Waals surface area contributed by atoms with Crippen molar-refractivity contribution in [2.75, 3.05) is 0 Å². The van der Waals surface area contributed by atoms with Gasteiger partial charge in [-0.05, 0) is 39.9 Å². The Morgan fingerprint density at radius 3 is 1.58 bits per heavy atom. The first-order valence-corrected chi connectivity index (χ1v) is 19.5. The van der Waals surface area contributed by atoms with Gasteiger partial charge in [-0.1, -0.05) is 141 Å². The maximum Gasteiger partial charge on any atom is 0.229 e. The van der Waals surface area contributed by atoms with E-state index in [-0.39, 0.29) is 31.0 Å². The zero-order valence-electron chi connectivity index (χ0n) is 32.3. The molecule has 292 valence electrons. The van der Waals surface area contributed by atoms with Crippen LogP contribution in [0.1, 0.15) is 66.2 Å². The molecule has 0 saturated carbocycles. The van der Waals surface area contributed by atoms with Crippen molar-refractivity contribution in [1.29, 1.82) is 0 Å². The van der Waals surface area contributed by atoms with Crippen LogP contribution in [0.4, 0.5) is 0 Å². The van der Waals surface area contributed by atoms with E-state index in [4.69, 9.17) is 28.4 Å². The van der Waals surface area contributed by atoms with Crippen molar-refractivity contribution in [2.45, 2.75) is 77.5 Å². The number of aromatic hydroxyl groups is 1. The largest absolute Gasteiger partial charge is 0.507 e. The fourth-order valence-corrected chi connectivity index (χ4v) is 6.92. The Morgan fingerprint density at radius 1 is 0.579 bits per heavy atom. The van der Waals surface area contributed by atoms with E-state index in [9.17, 15) is 9.90 Å². The fourth-order valence-electron chi connectivity index (χ4n) is 6.92. The van der Waals surface area contributed by atoms with Gasteiger partial charge in [-0.25, -0.2) is 0 Å². The van der Waals surface area contributed by atoms with Crippen LogP contribution in [-0.2, 0) is 47.1 Å². The van der Waals surface area contributed by atoms with E-state index in [2.05, 4.69) is 0 Å². The summed E-state index contributed by atoms with van der Waals surface area (Å²) in [7, 11) is 0. The minimum Gasteiger partial charge on any atom is -0.507 e. The summed E-state index contributed by atoms with van der Waals surface area (Å²) in [6.07, 6.45) is -0.699. The lowest BCUT2D eigenvalue weighted by Crippen LogP contribution is -2.39. The molecule has 0 spiro atoms. The first kappa shape index (κ1) is 39.2. The van der Waals surface area contributed by atoms with Gasteiger partial charge < -0.3 is 33.5 Å². The number of hydrogen-bond acceptors (Lipinski definition) is 8. The second-order valence-corrected chi connectivity index (χ2v) is 14.0. The predicted octanol–water partition coefficient (Wildman–Crippen LogP) is 10.5. The van der Waals surface area contributed by atoms with Gasteiger partial charge in [-0.2, -0.15) is 0 Å². The summed E-state index contributed by atoms with van der Waals surface area (Å²) >= 11 is 0. The van der Waals surface area contributed by atoms with Crippen molar-refractivity contribution in [1.82, 2.24) is 0 Å². The molecule has 0 radical (unpaired) electrons. The molecule has 1 heterocycles. The first-order chi connectivity index (χ1) is 27.9. The maximum atomic E-state index is 13.6. The van der Waals surface area contributed by atoms with Crippen molar-refractivity contribution < 1.29 is 38.3 Å². The van der Waals surface area contributed by atoms with Crippen LogP contribution in [0.2, 0.25) is 0 Å². The molecule has 3 atom stereocenters. The normalized spacial score (nSPS) is 17.5. The zero-order chi connectivity index (χ0) is 39.5. The Balaban J connectivity index is 1.22. The van der Waals surface area contributed by atoms with E-state index in [0.29, 0.717) is 54.8 Å². The van der Waals surface area contributed by atoms with E-state index in [1.54, 1.807) is 19.1 Å². The van der Waals surface area contributed by atoms with Gasteiger partial charge in [-0.15, -0.1) is 0 Å². The highest BCUT2D eigenvalue weighted by molar-refractivity contribution is 5.86. The van der Waals surface area contributed by atoms with Crippen LogP contribution in [0.25, 0.3) is 0 Å². The van der Waals surface area contributed by atoms with Gasteiger partial charge in [0.25, 0.3) is 0 Å². The molecule has 6 aromatic carbocycles. The third-order valence-corrected chi connectivity index (χ3v) is 10.0. The fraction of sp³-hybridized carbons (Fsp3) is 0.245. The van der Waals surface area contributed by atoms with E-state index in [0.717, 1.165) is 27.8 Å². The topological polar surface area (TPSA) is 92.7 Å². The Morgan fingerprint density at radius 2 is 1.07 bits per heavy atom. The zero-order valence-corrected chi connectivity index (χ0v) is 32.3. The van der Waals surface area contributed by atoms with Crippen LogP contribution in [0.15, 0.2) is 152 Å². The number of phenolic OH excluding ortho intramolecular Hbond substituents is 1. The molecular formula is C49H48O8. The van der Waals surface area contributed by atoms with Crippen molar-refractivity contribution in [3.8, 4) is 28.7 Å². The molecule has 6 aromatic rings. The van der Waals surface area contributed by atoms with Gasteiger partial charge in [0.05, 0.1) is 6.10 Å². The monoisotopic (exact) mass is 764 g/mol. The van der Waals surface area contributed by atoms with Crippen molar-refractivity contribution in [3.63, 3.8) is 0 Å². The van der Waals surface area contributed by atoms with E-state index in [1.807, 2.05) is 146 Å². The number of carbonyl (C=O) groups excluding carboxylic acids is 1. The predicted molar refractivity (Wildman–Crippen MR) is 218 cm³/mol. The third kappa shape index (κ3) is 9.84. The van der Waals surface area contributed by atoms with Gasteiger partial charge in [0.15, 0.2) is 17.3 Å². The highest BCUT2D eigenvalue weighted by Gasteiger charge is 2.51. The summed E-state index contributed by atoms with van der Waals surface area (Å²) in [5.74, 6) is 0.349. The summed E-state index contributed by atoms with van der Waals surface area (Å²) in [4.78, 5) is 13.6. The molecule has 1 N–H and O–H groups in total. The van der Waals surface area contributed by atoms with Gasteiger partial charge >= 0.3 is 0 Å². The molecule has 8 heteroatoms. The average molecular weight is 765 g/mol. The molecule has 0 aromatic heterocycles. The number of Topliss-reactive ketones (excluding diaryl/α,β-unsaturated/α-hetero) is 1. The molecule has 0 amide bonds.